The first-order chi connectivity index (χ1) is 9.68. The molecule has 1 aromatic rings. The Kier molecular flexibility index (Phi) is 3.76. The van der Waals surface area contributed by atoms with Gasteiger partial charge in [0.05, 0.1) is 6.33 Å². The summed E-state index contributed by atoms with van der Waals surface area (Å²) in [5.41, 5.74) is 0. The van der Waals surface area contributed by atoms with E-state index in [-0.39, 0.29) is 5.03 Å². The Morgan fingerprint density at radius 3 is 2.50 bits per heavy atom. The molecule has 0 amide bonds. The van der Waals surface area contributed by atoms with Crippen LogP contribution in [0.1, 0.15) is 19.3 Å². The van der Waals surface area contributed by atoms with Gasteiger partial charge in [0.1, 0.15) is 0 Å². The van der Waals surface area contributed by atoms with Crippen molar-refractivity contribution in [2.24, 2.45) is 11.8 Å². The standard InChI is InChI=1S/C14H19N3O2S/c18-20(19,14-10-15-11-16-14)17-8-6-13(7-9-17)12-4-2-1-3-5-12/h2-5,10-13H,1,6-9H2,(H,15,16). The second-order valence-corrected chi connectivity index (χ2v) is 7.20. The molecule has 6 heteroatoms. The lowest BCUT2D eigenvalue weighted by Crippen LogP contribution is -2.39. The summed E-state index contributed by atoms with van der Waals surface area (Å²) in [5.74, 6) is 1.02. The zero-order chi connectivity index (χ0) is 14.0. The predicted octanol–water partition coefficient (Wildman–Crippen LogP) is 1.94. The monoisotopic (exact) mass is 293 g/mol. The number of hydrogen-bond donors (Lipinski definition) is 1. The molecule has 0 spiro atoms. The van der Waals surface area contributed by atoms with Gasteiger partial charge in [0, 0.05) is 19.3 Å². The highest BCUT2D eigenvalue weighted by Crippen LogP contribution is 2.30. The number of aromatic amines is 1. The van der Waals surface area contributed by atoms with Gasteiger partial charge in [-0.25, -0.2) is 13.4 Å². The highest BCUT2D eigenvalue weighted by molar-refractivity contribution is 7.89. The van der Waals surface area contributed by atoms with Crippen LogP contribution in [-0.2, 0) is 10.0 Å². The van der Waals surface area contributed by atoms with Crippen LogP contribution in [0.3, 0.4) is 0 Å². The lowest BCUT2D eigenvalue weighted by atomic mass is 9.83. The summed E-state index contributed by atoms with van der Waals surface area (Å²) < 4.78 is 26.2. The minimum absolute atomic E-state index is 0.119. The Balaban J connectivity index is 1.65. The molecular weight excluding hydrogens is 274 g/mol. The van der Waals surface area contributed by atoms with Crippen LogP contribution in [0.5, 0.6) is 0 Å². The molecule has 2 heterocycles. The number of piperidine rings is 1. The van der Waals surface area contributed by atoms with Crippen molar-refractivity contribution < 1.29 is 8.42 Å². The second-order valence-electron chi connectivity index (χ2n) is 5.32. The van der Waals surface area contributed by atoms with Gasteiger partial charge in [-0.05, 0) is 31.1 Å². The first-order valence-corrected chi connectivity index (χ1v) is 8.44. The fourth-order valence-electron chi connectivity index (χ4n) is 2.95. The van der Waals surface area contributed by atoms with E-state index in [1.807, 2.05) is 0 Å². The first-order valence-electron chi connectivity index (χ1n) is 7.00. The van der Waals surface area contributed by atoms with Crippen LogP contribution in [-0.4, -0.2) is 35.8 Å². The van der Waals surface area contributed by atoms with Gasteiger partial charge in [-0.15, -0.1) is 0 Å². The van der Waals surface area contributed by atoms with Gasteiger partial charge in [-0.1, -0.05) is 24.3 Å². The van der Waals surface area contributed by atoms with Gasteiger partial charge in [0.15, 0.2) is 5.03 Å². The SMILES string of the molecule is O=S(=O)(c1c[nH]cn1)N1CCC(C2C=CCC=C2)CC1. The third kappa shape index (κ3) is 2.58. The minimum Gasteiger partial charge on any atom is -0.350 e. The summed E-state index contributed by atoms with van der Waals surface area (Å²) in [4.78, 5) is 6.56. The number of allylic oxidation sites excluding steroid dienone is 4. The summed E-state index contributed by atoms with van der Waals surface area (Å²) in [6.45, 7) is 1.16. The molecule has 1 aliphatic heterocycles. The van der Waals surface area contributed by atoms with Crippen LogP contribution < -0.4 is 0 Å². The molecule has 0 unspecified atom stereocenters. The third-order valence-electron chi connectivity index (χ3n) is 4.11. The van der Waals surface area contributed by atoms with Crippen LogP contribution in [0.4, 0.5) is 0 Å². The van der Waals surface area contributed by atoms with Crippen molar-refractivity contribution in [1.82, 2.24) is 14.3 Å². The predicted molar refractivity (Wildman–Crippen MR) is 76.5 cm³/mol. The smallest absolute Gasteiger partial charge is 0.262 e. The van der Waals surface area contributed by atoms with Gasteiger partial charge in [0.2, 0.25) is 0 Å². The van der Waals surface area contributed by atoms with Crippen LogP contribution >= 0.6 is 0 Å². The summed E-state index contributed by atoms with van der Waals surface area (Å²) >= 11 is 0. The topological polar surface area (TPSA) is 66.1 Å². The number of sulfonamides is 1. The van der Waals surface area contributed by atoms with Crippen LogP contribution in [0, 0.1) is 11.8 Å². The number of H-pyrrole nitrogens is 1. The Bertz CT molecular complexity index is 584. The molecule has 2 aliphatic rings. The van der Waals surface area contributed by atoms with Crippen molar-refractivity contribution in [3.63, 3.8) is 0 Å². The molecule has 0 atom stereocenters. The molecular formula is C14H19N3O2S. The van der Waals surface area contributed by atoms with E-state index in [0.29, 0.717) is 24.9 Å². The average molecular weight is 293 g/mol. The van der Waals surface area contributed by atoms with Gasteiger partial charge >= 0.3 is 0 Å². The van der Waals surface area contributed by atoms with Crippen LogP contribution in [0.25, 0.3) is 0 Å². The molecule has 3 rings (SSSR count). The largest absolute Gasteiger partial charge is 0.350 e. The van der Waals surface area contributed by atoms with E-state index in [1.54, 1.807) is 4.31 Å². The zero-order valence-corrected chi connectivity index (χ0v) is 12.1. The van der Waals surface area contributed by atoms with Crippen molar-refractivity contribution in [1.29, 1.82) is 0 Å². The maximum Gasteiger partial charge on any atom is 0.262 e. The Morgan fingerprint density at radius 1 is 1.20 bits per heavy atom. The molecule has 0 bridgehead atoms. The fourth-order valence-corrected chi connectivity index (χ4v) is 4.31. The van der Waals surface area contributed by atoms with E-state index in [0.717, 1.165) is 19.3 Å². The van der Waals surface area contributed by atoms with Crippen molar-refractivity contribution in [2.75, 3.05) is 13.1 Å². The molecule has 0 aromatic carbocycles. The summed E-state index contributed by atoms with van der Waals surface area (Å²) in [7, 11) is -3.42. The van der Waals surface area contributed by atoms with Gasteiger partial charge in [0.25, 0.3) is 10.0 Å². The lowest BCUT2D eigenvalue weighted by molar-refractivity contribution is 0.249. The van der Waals surface area contributed by atoms with E-state index in [1.165, 1.54) is 12.5 Å². The van der Waals surface area contributed by atoms with E-state index in [4.69, 9.17) is 0 Å². The highest BCUT2D eigenvalue weighted by Gasteiger charge is 2.32. The van der Waals surface area contributed by atoms with E-state index in [2.05, 4.69) is 34.3 Å². The molecule has 5 nitrogen and oxygen atoms in total. The maximum atomic E-state index is 12.3. The van der Waals surface area contributed by atoms with E-state index < -0.39 is 10.0 Å². The quantitative estimate of drug-likeness (QED) is 0.866. The van der Waals surface area contributed by atoms with E-state index in [9.17, 15) is 8.42 Å². The summed E-state index contributed by atoms with van der Waals surface area (Å²) in [6.07, 6.45) is 14.6. The van der Waals surface area contributed by atoms with Crippen molar-refractivity contribution >= 4 is 10.0 Å². The molecule has 1 N–H and O–H groups in total. The van der Waals surface area contributed by atoms with Gasteiger partial charge in [-0.2, -0.15) is 4.31 Å². The third-order valence-corrected chi connectivity index (χ3v) is 5.91. The molecule has 1 fully saturated rings. The maximum absolute atomic E-state index is 12.3. The van der Waals surface area contributed by atoms with Crippen LogP contribution in [0.2, 0.25) is 0 Å². The lowest BCUT2D eigenvalue weighted by Gasteiger charge is -2.33. The minimum atomic E-state index is -3.42. The number of aromatic nitrogens is 2. The Hall–Kier alpha value is -1.40. The molecule has 108 valence electrons. The molecule has 1 saturated heterocycles. The number of rotatable bonds is 3. The zero-order valence-electron chi connectivity index (χ0n) is 11.3. The Morgan fingerprint density at radius 2 is 1.90 bits per heavy atom. The summed E-state index contributed by atoms with van der Waals surface area (Å²) in [5, 5.41) is 0.119. The highest BCUT2D eigenvalue weighted by atomic mass is 32.2. The summed E-state index contributed by atoms with van der Waals surface area (Å²) in [6, 6.07) is 0. The normalized spacial score (nSPS) is 22.4. The van der Waals surface area contributed by atoms with Crippen LogP contribution in [0.15, 0.2) is 41.9 Å². The first kappa shape index (κ1) is 13.6. The number of nitrogens with zero attached hydrogens (tertiary/aromatic N) is 2. The molecule has 1 aromatic heterocycles. The average Bonchev–Trinajstić information content (AvgIpc) is 3.03. The number of nitrogens with one attached hydrogen (secondary N) is 1. The fraction of sp³-hybridized carbons (Fsp3) is 0.500. The van der Waals surface area contributed by atoms with Crippen molar-refractivity contribution in [3.8, 4) is 0 Å². The van der Waals surface area contributed by atoms with Crippen molar-refractivity contribution in [3.05, 3.63) is 36.8 Å². The van der Waals surface area contributed by atoms with Gasteiger partial charge in [-0.3, -0.25) is 0 Å². The second kappa shape index (κ2) is 5.54. The molecule has 1 aliphatic carbocycles. The number of hydrogen-bond acceptors (Lipinski definition) is 3. The van der Waals surface area contributed by atoms with E-state index >= 15 is 0 Å². The number of imidazole rings is 1. The van der Waals surface area contributed by atoms with Gasteiger partial charge < -0.3 is 4.98 Å². The molecule has 0 saturated carbocycles. The Labute approximate surface area is 119 Å². The van der Waals surface area contributed by atoms with Crippen molar-refractivity contribution in [2.45, 2.75) is 24.3 Å². The molecule has 0 radical (unpaired) electrons. The molecule has 20 heavy (non-hydrogen) atoms.